The number of nitrogens with one attached hydrogen (secondary N) is 1. The SMILES string of the molecule is CCCOCC(=O)N1CCC(N2CCNCC2)C1. The van der Waals surface area contributed by atoms with Gasteiger partial charge in [-0.2, -0.15) is 0 Å². The van der Waals surface area contributed by atoms with Crippen LogP contribution in [0.3, 0.4) is 0 Å². The molecule has 1 amide bonds. The smallest absolute Gasteiger partial charge is 0.248 e. The van der Waals surface area contributed by atoms with E-state index in [1.807, 2.05) is 4.90 Å². The van der Waals surface area contributed by atoms with Gasteiger partial charge in [0.15, 0.2) is 0 Å². The van der Waals surface area contributed by atoms with Gasteiger partial charge in [-0.3, -0.25) is 9.69 Å². The number of ether oxygens (including phenoxy) is 1. The molecule has 0 saturated carbocycles. The Kier molecular flexibility index (Phi) is 5.41. The van der Waals surface area contributed by atoms with E-state index >= 15 is 0 Å². The fourth-order valence-corrected chi connectivity index (χ4v) is 2.71. The Bertz CT molecular complexity index is 267. The summed E-state index contributed by atoms with van der Waals surface area (Å²) in [5.74, 6) is 0.154. The van der Waals surface area contributed by atoms with E-state index in [9.17, 15) is 4.79 Å². The predicted molar refractivity (Wildman–Crippen MR) is 70.5 cm³/mol. The molecule has 1 N–H and O–H groups in total. The lowest BCUT2D eigenvalue weighted by molar-refractivity contribution is -0.135. The molecule has 5 heteroatoms. The number of nitrogens with zero attached hydrogens (tertiary/aromatic N) is 2. The number of hydrogen-bond acceptors (Lipinski definition) is 4. The van der Waals surface area contributed by atoms with Gasteiger partial charge in [0.2, 0.25) is 5.91 Å². The average Bonchev–Trinajstić information content (AvgIpc) is 2.89. The van der Waals surface area contributed by atoms with Crippen LogP contribution in [0.1, 0.15) is 19.8 Å². The fourth-order valence-electron chi connectivity index (χ4n) is 2.71. The number of piperazine rings is 1. The highest BCUT2D eigenvalue weighted by Gasteiger charge is 2.30. The van der Waals surface area contributed by atoms with Crippen molar-refractivity contribution in [1.29, 1.82) is 0 Å². The highest BCUT2D eigenvalue weighted by molar-refractivity contribution is 5.77. The lowest BCUT2D eigenvalue weighted by Crippen LogP contribution is -2.49. The van der Waals surface area contributed by atoms with E-state index in [-0.39, 0.29) is 12.5 Å². The van der Waals surface area contributed by atoms with Crippen molar-refractivity contribution in [2.75, 3.05) is 52.5 Å². The first-order valence-electron chi connectivity index (χ1n) is 7.11. The molecule has 104 valence electrons. The summed E-state index contributed by atoms with van der Waals surface area (Å²) in [4.78, 5) is 16.4. The number of likely N-dealkylation sites (tertiary alicyclic amines) is 1. The topological polar surface area (TPSA) is 44.8 Å². The van der Waals surface area contributed by atoms with Crippen molar-refractivity contribution in [1.82, 2.24) is 15.1 Å². The summed E-state index contributed by atoms with van der Waals surface area (Å²) in [6, 6.07) is 0.558. The predicted octanol–water partition coefficient (Wildman–Crippen LogP) is -0.0809. The molecule has 5 nitrogen and oxygen atoms in total. The molecule has 2 aliphatic heterocycles. The van der Waals surface area contributed by atoms with Gasteiger partial charge in [-0.1, -0.05) is 6.92 Å². The standard InChI is InChI=1S/C13H25N3O2/c1-2-9-18-11-13(17)16-6-3-12(10-16)15-7-4-14-5-8-15/h12,14H,2-11H2,1H3. The van der Waals surface area contributed by atoms with Crippen LogP contribution in [0.4, 0.5) is 0 Å². The first-order valence-corrected chi connectivity index (χ1v) is 7.11. The third-order valence-electron chi connectivity index (χ3n) is 3.76. The van der Waals surface area contributed by atoms with E-state index in [2.05, 4.69) is 17.1 Å². The highest BCUT2D eigenvalue weighted by Crippen LogP contribution is 2.16. The first kappa shape index (κ1) is 13.8. The second-order valence-electron chi connectivity index (χ2n) is 5.12. The third kappa shape index (κ3) is 3.67. The van der Waals surface area contributed by atoms with E-state index in [4.69, 9.17) is 4.74 Å². The van der Waals surface area contributed by atoms with Gasteiger partial charge in [-0.15, -0.1) is 0 Å². The van der Waals surface area contributed by atoms with Crippen LogP contribution >= 0.6 is 0 Å². The molecule has 2 rings (SSSR count). The number of carbonyl (C=O) groups excluding carboxylic acids is 1. The minimum Gasteiger partial charge on any atom is -0.372 e. The largest absolute Gasteiger partial charge is 0.372 e. The zero-order valence-corrected chi connectivity index (χ0v) is 11.4. The van der Waals surface area contributed by atoms with Crippen molar-refractivity contribution in [2.45, 2.75) is 25.8 Å². The Morgan fingerprint density at radius 2 is 2.11 bits per heavy atom. The van der Waals surface area contributed by atoms with Crippen molar-refractivity contribution >= 4 is 5.91 Å². The molecular weight excluding hydrogens is 230 g/mol. The Labute approximate surface area is 109 Å². The van der Waals surface area contributed by atoms with Crippen LogP contribution < -0.4 is 5.32 Å². The van der Waals surface area contributed by atoms with Crippen LogP contribution in [0.15, 0.2) is 0 Å². The zero-order chi connectivity index (χ0) is 12.8. The number of rotatable bonds is 5. The van der Waals surface area contributed by atoms with Gasteiger partial charge in [0, 0.05) is 51.9 Å². The second-order valence-corrected chi connectivity index (χ2v) is 5.12. The molecule has 0 aromatic rings. The van der Waals surface area contributed by atoms with Crippen molar-refractivity contribution < 1.29 is 9.53 Å². The van der Waals surface area contributed by atoms with Crippen LogP contribution in [0, 0.1) is 0 Å². The Morgan fingerprint density at radius 3 is 2.83 bits per heavy atom. The molecular formula is C13H25N3O2. The Hall–Kier alpha value is -0.650. The van der Waals surface area contributed by atoms with E-state index in [1.165, 1.54) is 0 Å². The molecule has 0 aliphatic carbocycles. The van der Waals surface area contributed by atoms with Gasteiger partial charge in [-0.05, 0) is 12.8 Å². The summed E-state index contributed by atoms with van der Waals surface area (Å²) < 4.78 is 5.32. The molecule has 2 aliphatic rings. The maximum Gasteiger partial charge on any atom is 0.248 e. The summed E-state index contributed by atoms with van der Waals surface area (Å²) >= 11 is 0. The zero-order valence-electron chi connectivity index (χ0n) is 11.4. The summed E-state index contributed by atoms with van der Waals surface area (Å²) in [5.41, 5.74) is 0. The van der Waals surface area contributed by atoms with Gasteiger partial charge < -0.3 is 15.0 Å². The van der Waals surface area contributed by atoms with Gasteiger partial charge in [0.05, 0.1) is 0 Å². The molecule has 18 heavy (non-hydrogen) atoms. The van der Waals surface area contributed by atoms with Crippen LogP contribution in [-0.4, -0.2) is 74.2 Å². The van der Waals surface area contributed by atoms with Gasteiger partial charge in [0.1, 0.15) is 6.61 Å². The molecule has 2 saturated heterocycles. The number of amides is 1. The third-order valence-corrected chi connectivity index (χ3v) is 3.76. The fraction of sp³-hybridized carbons (Fsp3) is 0.923. The van der Waals surface area contributed by atoms with E-state index < -0.39 is 0 Å². The van der Waals surface area contributed by atoms with Crippen LogP contribution in [0.25, 0.3) is 0 Å². The Balaban J connectivity index is 1.71. The molecule has 2 heterocycles. The van der Waals surface area contributed by atoms with Crippen LogP contribution in [0.5, 0.6) is 0 Å². The quantitative estimate of drug-likeness (QED) is 0.698. The molecule has 0 bridgehead atoms. The summed E-state index contributed by atoms with van der Waals surface area (Å²) in [6.45, 7) is 9.13. The summed E-state index contributed by atoms with van der Waals surface area (Å²) in [7, 11) is 0. The van der Waals surface area contributed by atoms with Gasteiger partial charge in [0.25, 0.3) is 0 Å². The summed E-state index contributed by atoms with van der Waals surface area (Å²) in [5, 5.41) is 3.36. The number of carbonyl (C=O) groups is 1. The van der Waals surface area contributed by atoms with Gasteiger partial charge >= 0.3 is 0 Å². The molecule has 1 unspecified atom stereocenters. The van der Waals surface area contributed by atoms with Gasteiger partial charge in [-0.25, -0.2) is 0 Å². The molecule has 1 atom stereocenters. The van der Waals surface area contributed by atoms with Crippen LogP contribution in [-0.2, 0) is 9.53 Å². The van der Waals surface area contributed by atoms with Crippen molar-refractivity contribution in [3.05, 3.63) is 0 Å². The maximum atomic E-state index is 11.9. The lowest BCUT2D eigenvalue weighted by Gasteiger charge is -2.32. The van der Waals surface area contributed by atoms with Crippen LogP contribution in [0.2, 0.25) is 0 Å². The maximum absolute atomic E-state index is 11.9. The average molecular weight is 255 g/mol. The lowest BCUT2D eigenvalue weighted by atomic mass is 10.2. The molecule has 0 aromatic carbocycles. The first-order chi connectivity index (χ1) is 8.81. The molecule has 0 spiro atoms. The molecule has 2 fully saturated rings. The monoisotopic (exact) mass is 255 g/mol. The minimum absolute atomic E-state index is 0.154. The second kappa shape index (κ2) is 7.07. The normalized spacial score (nSPS) is 25.6. The van der Waals surface area contributed by atoms with E-state index in [0.717, 1.165) is 52.1 Å². The summed E-state index contributed by atoms with van der Waals surface area (Å²) in [6.07, 6.45) is 2.08. The van der Waals surface area contributed by atoms with Crippen molar-refractivity contribution in [3.8, 4) is 0 Å². The molecule has 0 aromatic heterocycles. The van der Waals surface area contributed by atoms with E-state index in [1.54, 1.807) is 0 Å². The number of hydrogen-bond donors (Lipinski definition) is 1. The van der Waals surface area contributed by atoms with E-state index in [0.29, 0.717) is 12.6 Å². The van der Waals surface area contributed by atoms with Crippen molar-refractivity contribution in [3.63, 3.8) is 0 Å². The van der Waals surface area contributed by atoms with Crippen molar-refractivity contribution in [2.24, 2.45) is 0 Å². The highest BCUT2D eigenvalue weighted by atomic mass is 16.5. The molecule has 0 radical (unpaired) electrons. The Morgan fingerprint density at radius 1 is 1.33 bits per heavy atom. The minimum atomic E-state index is 0.154.